The molecule has 17 heavy (non-hydrogen) atoms. The third kappa shape index (κ3) is 3.70. The molecule has 0 aliphatic heterocycles. The molecule has 0 amide bonds. The third-order valence-corrected chi connectivity index (χ3v) is 2.42. The summed E-state index contributed by atoms with van der Waals surface area (Å²) >= 11 is 3.13. The first-order valence-electron chi connectivity index (χ1n) is 5.01. The molecule has 0 saturated heterocycles. The Hall–Kier alpha value is -1.10. The minimum atomic E-state index is -0.638. The molecule has 94 valence electrons. The molecule has 0 N–H and O–H groups in total. The molecule has 3 nitrogen and oxygen atoms in total. The van der Waals surface area contributed by atoms with Crippen LogP contribution in [0.1, 0.15) is 31.1 Å². The number of hydrogen-bond donors (Lipinski definition) is 0. The van der Waals surface area contributed by atoms with E-state index in [0.717, 1.165) is 6.07 Å². The lowest BCUT2D eigenvalue weighted by Crippen LogP contribution is -2.24. The molecule has 1 aromatic rings. The Morgan fingerprint density at radius 2 is 1.94 bits per heavy atom. The van der Waals surface area contributed by atoms with E-state index in [2.05, 4.69) is 15.9 Å². The standard InChI is InChI=1S/C12H14BrFO3/c1-12(2,3)17-11(15)8-5-7(14)6-9(13)10(8)16-4/h5-6H,1-4H3. The molecule has 1 rings (SSSR count). The van der Waals surface area contributed by atoms with Gasteiger partial charge in [-0.25, -0.2) is 9.18 Å². The van der Waals surface area contributed by atoms with Gasteiger partial charge in [0.15, 0.2) is 0 Å². The van der Waals surface area contributed by atoms with Crippen molar-refractivity contribution in [2.45, 2.75) is 26.4 Å². The van der Waals surface area contributed by atoms with E-state index < -0.39 is 17.4 Å². The van der Waals surface area contributed by atoms with Gasteiger partial charge in [-0.05, 0) is 48.8 Å². The molecular weight excluding hydrogens is 291 g/mol. The van der Waals surface area contributed by atoms with Crippen molar-refractivity contribution in [1.82, 2.24) is 0 Å². The van der Waals surface area contributed by atoms with Gasteiger partial charge < -0.3 is 9.47 Å². The molecule has 0 atom stereocenters. The number of esters is 1. The Kier molecular flexibility index (Phi) is 4.14. The van der Waals surface area contributed by atoms with E-state index in [1.54, 1.807) is 20.8 Å². The number of methoxy groups -OCH3 is 1. The molecule has 0 spiro atoms. The number of rotatable bonds is 2. The van der Waals surface area contributed by atoms with Crippen molar-refractivity contribution in [2.24, 2.45) is 0 Å². The maximum atomic E-state index is 13.2. The van der Waals surface area contributed by atoms with Gasteiger partial charge in [-0.2, -0.15) is 0 Å². The van der Waals surface area contributed by atoms with Gasteiger partial charge in [0.2, 0.25) is 0 Å². The van der Waals surface area contributed by atoms with Crippen LogP contribution in [0.5, 0.6) is 5.75 Å². The molecule has 0 aliphatic carbocycles. The summed E-state index contributed by atoms with van der Waals surface area (Å²) in [7, 11) is 1.41. The third-order valence-electron chi connectivity index (χ3n) is 1.83. The van der Waals surface area contributed by atoms with Crippen LogP contribution < -0.4 is 4.74 Å². The monoisotopic (exact) mass is 304 g/mol. The highest BCUT2D eigenvalue weighted by Crippen LogP contribution is 2.31. The predicted molar refractivity (Wildman–Crippen MR) is 65.8 cm³/mol. The van der Waals surface area contributed by atoms with Gasteiger partial charge in [-0.3, -0.25) is 0 Å². The summed E-state index contributed by atoms with van der Waals surface area (Å²) in [6.45, 7) is 5.23. The topological polar surface area (TPSA) is 35.5 Å². The molecule has 0 fully saturated rings. The second kappa shape index (κ2) is 5.04. The van der Waals surface area contributed by atoms with Crippen LogP contribution in [0.25, 0.3) is 0 Å². The molecule has 0 heterocycles. The van der Waals surface area contributed by atoms with Crippen LogP contribution >= 0.6 is 15.9 Å². The van der Waals surface area contributed by atoms with Gasteiger partial charge in [-0.15, -0.1) is 0 Å². The number of benzene rings is 1. The van der Waals surface area contributed by atoms with E-state index >= 15 is 0 Å². The number of ether oxygens (including phenoxy) is 2. The summed E-state index contributed by atoms with van der Waals surface area (Å²) < 4.78 is 23.8. The van der Waals surface area contributed by atoms with E-state index in [1.165, 1.54) is 13.2 Å². The Balaban J connectivity index is 3.16. The van der Waals surface area contributed by atoms with Crippen molar-refractivity contribution < 1.29 is 18.7 Å². The molecule has 1 aromatic carbocycles. The second-order valence-corrected chi connectivity index (χ2v) is 5.32. The van der Waals surface area contributed by atoms with E-state index in [0.29, 0.717) is 4.47 Å². The first-order chi connectivity index (χ1) is 7.74. The second-order valence-electron chi connectivity index (χ2n) is 4.47. The van der Waals surface area contributed by atoms with Crippen LogP contribution in [-0.4, -0.2) is 18.7 Å². The summed E-state index contributed by atoms with van der Waals surface area (Å²) in [4.78, 5) is 11.9. The SMILES string of the molecule is COc1c(Br)cc(F)cc1C(=O)OC(C)(C)C. The van der Waals surface area contributed by atoms with Crippen LogP contribution in [0.2, 0.25) is 0 Å². The predicted octanol–water partition coefficient (Wildman–Crippen LogP) is 3.55. The molecule has 5 heteroatoms. The van der Waals surface area contributed by atoms with Gasteiger partial charge >= 0.3 is 5.97 Å². The van der Waals surface area contributed by atoms with Gasteiger partial charge in [0.25, 0.3) is 0 Å². The molecule has 0 saturated carbocycles. The lowest BCUT2D eigenvalue weighted by atomic mass is 10.1. The highest BCUT2D eigenvalue weighted by Gasteiger charge is 2.23. The first kappa shape index (κ1) is 14.0. The molecule has 0 bridgehead atoms. The van der Waals surface area contributed by atoms with E-state index in [-0.39, 0.29) is 11.3 Å². The Morgan fingerprint density at radius 1 is 1.35 bits per heavy atom. The largest absolute Gasteiger partial charge is 0.495 e. The molecule has 0 aromatic heterocycles. The molecular formula is C12H14BrFO3. The van der Waals surface area contributed by atoms with E-state index in [1.807, 2.05) is 0 Å². The first-order valence-corrected chi connectivity index (χ1v) is 5.80. The van der Waals surface area contributed by atoms with Crippen LogP contribution in [0.3, 0.4) is 0 Å². The summed E-state index contributed by atoms with van der Waals surface area (Å²) in [5, 5.41) is 0. The quantitative estimate of drug-likeness (QED) is 0.784. The van der Waals surface area contributed by atoms with Crippen LogP contribution in [0.15, 0.2) is 16.6 Å². The van der Waals surface area contributed by atoms with Crippen LogP contribution in [0, 0.1) is 5.82 Å². The van der Waals surface area contributed by atoms with E-state index in [4.69, 9.17) is 9.47 Å². The van der Waals surface area contributed by atoms with E-state index in [9.17, 15) is 9.18 Å². The summed E-state index contributed by atoms with van der Waals surface area (Å²) in [6, 6.07) is 2.32. The maximum Gasteiger partial charge on any atom is 0.342 e. The molecule has 0 aliphatic rings. The minimum absolute atomic E-state index is 0.0642. The molecule has 0 unspecified atom stereocenters. The van der Waals surface area contributed by atoms with Crippen LogP contribution in [-0.2, 0) is 4.74 Å². The highest BCUT2D eigenvalue weighted by atomic mass is 79.9. The Bertz CT molecular complexity index is 438. The average Bonchev–Trinajstić information content (AvgIpc) is 2.13. The average molecular weight is 305 g/mol. The summed E-state index contributed by atoms with van der Waals surface area (Å²) in [5.41, 5.74) is -0.574. The zero-order valence-electron chi connectivity index (χ0n) is 10.1. The minimum Gasteiger partial charge on any atom is -0.495 e. The number of halogens is 2. The lowest BCUT2D eigenvalue weighted by Gasteiger charge is -2.20. The number of carbonyl (C=O) groups is 1. The van der Waals surface area contributed by atoms with Crippen molar-refractivity contribution in [3.63, 3.8) is 0 Å². The zero-order chi connectivity index (χ0) is 13.2. The molecule has 0 radical (unpaired) electrons. The fourth-order valence-corrected chi connectivity index (χ4v) is 1.85. The summed E-state index contributed by atoms with van der Waals surface area (Å²) in [5.74, 6) is -0.881. The normalized spacial score (nSPS) is 11.2. The van der Waals surface area contributed by atoms with Crippen molar-refractivity contribution >= 4 is 21.9 Å². The van der Waals surface area contributed by atoms with Gasteiger partial charge in [0.1, 0.15) is 22.7 Å². The van der Waals surface area contributed by atoms with Crippen molar-refractivity contribution in [1.29, 1.82) is 0 Å². The van der Waals surface area contributed by atoms with Crippen molar-refractivity contribution in [2.75, 3.05) is 7.11 Å². The zero-order valence-corrected chi connectivity index (χ0v) is 11.7. The van der Waals surface area contributed by atoms with Gasteiger partial charge in [0, 0.05) is 0 Å². The van der Waals surface area contributed by atoms with Gasteiger partial charge in [-0.1, -0.05) is 0 Å². The lowest BCUT2D eigenvalue weighted by molar-refractivity contribution is 0.00658. The van der Waals surface area contributed by atoms with Crippen LogP contribution in [0.4, 0.5) is 4.39 Å². The summed E-state index contributed by atoms with van der Waals surface area (Å²) in [6.07, 6.45) is 0. The fourth-order valence-electron chi connectivity index (χ4n) is 1.25. The Morgan fingerprint density at radius 3 is 2.41 bits per heavy atom. The highest BCUT2D eigenvalue weighted by molar-refractivity contribution is 9.10. The Labute approximate surface area is 108 Å². The fraction of sp³-hybridized carbons (Fsp3) is 0.417. The van der Waals surface area contributed by atoms with Gasteiger partial charge in [0.05, 0.1) is 11.6 Å². The van der Waals surface area contributed by atoms with Crippen molar-refractivity contribution in [3.8, 4) is 5.75 Å². The maximum absolute atomic E-state index is 13.2. The number of hydrogen-bond acceptors (Lipinski definition) is 3. The smallest absolute Gasteiger partial charge is 0.342 e. The number of carbonyl (C=O) groups excluding carboxylic acids is 1. The van der Waals surface area contributed by atoms with Crippen molar-refractivity contribution in [3.05, 3.63) is 28.0 Å².